The second kappa shape index (κ2) is 5.72. The van der Waals surface area contributed by atoms with Gasteiger partial charge < -0.3 is 0 Å². The summed E-state index contributed by atoms with van der Waals surface area (Å²) in [4.78, 5) is 22.4. The lowest BCUT2D eigenvalue weighted by molar-refractivity contribution is 0.0953. The summed E-state index contributed by atoms with van der Waals surface area (Å²) in [6.45, 7) is 0. The summed E-state index contributed by atoms with van der Waals surface area (Å²) >= 11 is 1.44. The van der Waals surface area contributed by atoms with E-state index in [1.807, 2.05) is 12.1 Å². The summed E-state index contributed by atoms with van der Waals surface area (Å²) in [5.41, 5.74) is 3.36. The minimum absolute atomic E-state index is 0.238. The van der Waals surface area contributed by atoms with Crippen LogP contribution in [0.15, 0.2) is 34.2 Å². The smallest absolute Gasteiger partial charge is 0.290 e. The lowest BCUT2D eigenvalue weighted by Gasteiger charge is -2.03. The quantitative estimate of drug-likeness (QED) is 0.316. The first-order valence-electron chi connectivity index (χ1n) is 5.46. The Labute approximate surface area is 113 Å². The largest absolute Gasteiger partial charge is 0.343 e. The van der Waals surface area contributed by atoms with Crippen LogP contribution in [0.1, 0.15) is 15.9 Å². The molecular weight excluding hydrogens is 266 g/mol. The fourth-order valence-corrected chi connectivity index (χ4v) is 2.32. The number of hydrogen-bond donors (Lipinski definition) is 3. The van der Waals surface area contributed by atoms with Crippen LogP contribution in [-0.4, -0.2) is 20.7 Å². The number of rotatable bonds is 4. The van der Waals surface area contributed by atoms with Crippen molar-refractivity contribution < 1.29 is 4.79 Å². The van der Waals surface area contributed by atoms with E-state index in [2.05, 4.69) is 15.6 Å². The average Bonchev–Trinajstić information content (AvgIpc) is 2.76. The molecule has 0 spiro atoms. The van der Waals surface area contributed by atoms with Gasteiger partial charge in [-0.25, -0.2) is 15.7 Å². The zero-order chi connectivity index (χ0) is 13.8. The van der Waals surface area contributed by atoms with Gasteiger partial charge in [-0.3, -0.25) is 14.8 Å². The number of H-pyrrole nitrogens is 1. The fraction of sp³-hybridized carbons (Fsp3) is 0.182. The summed E-state index contributed by atoms with van der Waals surface area (Å²) in [7, 11) is 1.66. The Morgan fingerprint density at radius 3 is 2.68 bits per heavy atom. The average molecular weight is 279 g/mol. The third kappa shape index (κ3) is 3.04. The van der Waals surface area contributed by atoms with Gasteiger partial charge in [0.1, 0.15) is 0 Å². The van der Waals surface area contributed by atoms with Crippen LogP contribution in [0.25, 0.3) is 0 Å². The summed E-state index contributed by atoms with van der Waals surface area (Å²) in [5.74, 6) is 5.38. The minimum atomic E-state index is -0.325. The van der Waals surface area contributed by atoms with E-state index in [0.717, 1.165) is 5.56 Å². The van der Waals surface area contributed by atoms with Gasteiger partial charge in [-0.2, -0.15) is 0 Å². The van der Waals surface area contributed by atoms with Gasteiger partial charge >= 0.3 is 5.69 Å². The van der Waals surface area contributed by atoms with E-state index < -0.39 is 0 Å². The molecule has 0 aliphatic heterocycles. The molecule has 1 aromatic carbocycles. The predicted molar refractivity (Wildman–Crippen MR) is 71.5 cm³/mol. The highest BCUT2D eigenvalue weighted by atomic mass is 32.2. The number of aromatic nitrogens is 3. The molecule has 100 valence electrons. The van der Waals surface area contributed by atoms with Gasteiger partial charge in [0.2, 0.25) is 0 Å². The molecule has 0 atom stereocenters. The van der Waals surface area contributed by atoms with Crippen molar-refractivity contribution in [3.8, 4) is 0 Å². The molecule has 0 aliphatic rings. The lowest BCUT2D eigenvalue weighted by atomic mass is 10.1. The monoisotopic (exact) mass is 279 g/mol. The molecule has 1 amide bonds. The standard InChI is InChI=1S/C11H13N5O2S/c1-16-10(18)14-15-11(16)19-6-7-2-4-8(5-3-7)9(17)13-12/h2-5H,6,12H2,1H3,(H,13,17)(H,14,18). The Morgan fingerprint density at radius 2 is 2.16 bits per heavy atom. The number of benzene rings is 1. The number of nitrogens with two attached hydrogens (primary N) is 1. The molecule has 19 heavy (non-hydrogen) atoms. The zero-order valence-electron chi connectivity index (χ0n) is 10.2. The van der Waals surface area contributed by atoms with Crippen LogP contribution in [0.3, 0.4) is 0 Å². The fourth-order valence-electron chi connectivity index (χ4n) is 1.45. The molecule has 0 radical (unpaired) electrons. The van der Waals surface area contributed by atoms with E-state index in [1.54, 1.807) is 19.2 Å². The number of carbonyl (C=O) groups is 1. The summed E-state index contributed by atoms with van der Waals surface area (Å²) in [6, 6.07) is 7.06. The van der Waals surface area contributed by atoms with Crippen molar-refractivity contribution in [3.63, 3.8) is 0 Å². The molecule has 0 saturated heterocycles. The van der Waals surface area contributed by atoms with Gasteiger partial charge in [0.15, 0.2) is 5.16 Å². The molecule has 0 saturated carbocycles. The van der Waals surface area contributed by atoms with Gasteiger partial charge in [0.25, 0.3) is 5.91 Å². The maximum Gasteiger partial charge on any atom is 0.343 e. The number of nitrogen functional groups attached to an aromatic ring is 1. The minimum Gasteiger partial charge on any atom is -0.290 e. The van der Waals surface area contributed by atoms with Crippen molar-refractivity contribution in [2.75, 3.05) is 0 Å². The first-order valence-corrected chi connectivity index (χ1v) is 6.44. The van der Waals surface area contributed by atoms with Gasteiger partial charge in [-0.05, 0) is 17.7 Å². The van der Waals surface area contributed by atoms with E-state index in [4.69, 9.17) is 5.84 Å². The summed E-state index contributed by atoms with van der Waals surface area (Å²) in [5, 5.41) is 6.89. The molecule has 4 N–H and O–H groups in total. The van der Waals surface area contributed by atoms with Crippen molar-refractivity contribution in [3.05, 3.63) is 45.9 Å². The van der Waals surface area contributed by atoms with Gasteiger partial charge in [-0.1, -0.05) is 23.9 Å². The molecule has 0 bridgehead atoms. The highest BCUT2D eigenvalue weighted by molar-refractivity contribution is 7.98. The first-order chi connectivity index (χ1) is 9.11. The Bertz CT molecular complexity index is 631. The maximum atomic E-state index is 11.3. The molecule has 2 rings (SSSR count). The number of carbonyl (C=O) groups excluding carboxylic acids is 1. The van der Waals surface area contributed by atoms with E-state index in [0.29, 0.717) is 16.5 Å². The Hall–Kier alpha value is -2.06. The summed E-state index contributed by atoms with van der Waals surface area (Å²) < 4.78 is 1.45. The van der Waals surface area contributed by atoms with Gasteiger partial charge in [-0.15, -0.1) is 5.10 Å². The van der Waals surface area contributed by atoms with Crippen molar-refractivity contribution in [2.24, 2.45) is 12.9 Å². The third-order valence-electron chi connectivity index (χ3n) is 2.55. The molecule has 0 aliphatic carbocycles. The SMILES string of the molecule is Cn1c(SCc2ccc(C(=O)NN)cc2)n[nH]c1=O. The van der Waals surface area contributed by atoms with Gasteiger partial charge in [0.05, 0.1) is 0 Å². The highest BCUT2D eigenvalue weighted by Gasteiger charge is 2.06. The third-order valence-corrected chi connectivity index (χ3v) is 3.65. The number of nitrogens with zero attached hydrogens (tertiary/aromatic N) is 2. The molecule has 2 aromatic rings. The van der Waals surface area contributed by atoms with Crippen LogP contribution in [-0.2, 0) is 12.8 Å². The van der Waals surface area contributed by atoms with E-state index in [-0.39, 0.29) is 11.6 Å². The molecule has 0 unspecified atom stereocenters. The van der Waals surface area contributed by atoms with Crippen LogP contribution in [0, 0.1) is 0 Å². The molecule has 0 fully saturated rings. The normalized spacial score (nSPS) is 10.4. The second-order valence-electron chi connectivity index (χ2n) is 3.83. The maximum absolute atomic E-state index is 11.3. The molecular formula is C11H13N5O2S. The lowest BCUT2D eigenvalue weighted by Crippen LogP contribution is -2.29. The Morgan fingerprint density at radius 1 is 1.47 bits per heavy atom. The number of thioether (sulfide) groups is 1. The molecule has 7 nitrogen and oxygen atoms in total. The molecule has 1 heterocycles. The number of hydrogen-bond acceptors (Lipinski definition) is 5. The van der Waals surface area contributed by atoms with Crippen molar-refractivity contribution in [1.29, 1.82) is 0 Å². The predicted octanol–water partition coefficient (Wildman–Crippen LogP) is 0.00420. The van der Waals surface area contributed by atoms with Gasteiger partial charge in [0, 0.05) is 18.4 Å². The number of aromatic amines is 1. The highest BCUT2D eigenvalue weighted by Crippen LogP contribution is 2.19. The van der Waals surface area contributed by atoms with Crippen molar-refractivity contribution >= 4 is 17.7 Å². The van der Waals surface area contributed by atoms with E-state index >= 15 is 0 Å². The Balaban J connectivity index is 2.02. The van der Waals surface area contributed by atoms with E-state index in [9.17, 15) is 9.59 Å². The number of nitrogens with one attached hydrogen (secondary N) is 2. The van der Waals surface area contributed by atoms with Crippen LogP contribution < -0.4 is 17.0 Å². The molecule has 8 heteroatoms. The van der Waals surface area contributed by atoms with Crippen LogP contribution in [0.4, 0.5) is 0 Å². The number of hydrazine groups is 1. The zero-order valence-corrected chi connectivity index (χ0v) is 11.0. The van der Waals surface area contributed by atoms with Crippen LogP contribution >= 0.6 is 11.8 Å². The topological polar surface area (TPSA) is 106 Å². The van der Waals surface area contributed by atoms with E-state index in [1.165, 1.54) is 16.3 Å². The van der Waals surface area contributed by atoms with Crippen molar-refractivity contribution in [1.82, 2.24) is 20.2 Å². The van der Waals surface area contributed by atoms with Crippen LogP contribution in [0.5, 0.6) is 0 Å². The second-order valence-corrected chi connectivity index (χ2v) is 4.77. The Kier molecular flexibility index (Phi) is 4.03. The van der Waals surface area contributed by atoms with Crippen LogP contribution in [0.2, 0.25) is 0 Å². The molecule has 1 aromatic heterocycles. The summed E-state index contributed by atoms with van der Waals surface area (Å²) in [6.07, 6.45) is 0. The van der Waals surface area contributed by atoms with Crippen molar-refractivity contribution in [2.45, 2.75) is 10.9 Å². The first kappa shape index (κ1) is 13.4. The number of amides is 1.